The molecule has 1 aliphatic rings. The molecular formula is C16H21N5. The normalized spacial score (nSPS) is 14.2. The predicted octanol–water partition coefficient (Wildman–Crippen LogP) is 2.17. The molecule has 1 N–H and O–H groups in total. The third-order valence-electron chi connectivity index (χ3n) is 3.78. The van der Waals surface area contributed by atoms with E-state index in [1.807, 2.05) is 6.07 Å². The molecule has 0 atom stereocenters. The Labute approximate surface area is 125 Å². The lowest BCUT2D eigenvalue weighted by Crippen LogP contribution is -2.36. The van der Waals surface area contributed by atoms with Crippen molar-refractivity contribution in [2.75, 3.05) is 36.5 Å². The number of rotatable bonds is 4. The van der Waals surface area contributed by atoms with Gasteiger partial charge in [0.1, 0.15) is 0 Å². The summed E-state index contributed by atoms with van der Waals surface area (Å²) in [5, 5.41) is 12.0. The molecule has 5 nitrogen and oxygen atoms in total. The van der Waals surface area contributed by atoms with Gasteiger partial charge in [-0.2, -0.15) is 5.10 Å². The number of nitrogens with zero attached hydrogens (tertiary/aromatic N) is 4. The summed E-state index contributed by atoms with van der Waals surface area (Å²) in [6, 6.07) is 12.5. The first-order valence-electron chi connectivity index (χ1n) is 7.40. The number of nitrogens with one attached hydrogen (secondary N) is 1. The Hall–Kier alpha value is -2.14. The van der Waals surface area contributed by atoms with Gasteiger partial charge in [0.2, 0.25) is 0 Å². The first-order chi connectivity index (χ1) is 10.3. The van der Waals surface area contributed by atoms with Crippen LogP contribution in [0.4, 0.5) is 17.2 Å². The van der Waals surface area contributed by atoms with Gasteiger partial charge in [0, 0.05) is 26.7 Å². The molecule has 2 heterocycles. The molecule has 0 fully saturated rings. The summed E-state index contributed by atoms with van der Waals surface area (Å²) in [6.45, 7) is 5.70. The fourth-order valence-electron chi connectivity index (χ4n) is 2.59. The van der Waals surface area contributed by atoms with Gasteiger partial charge in [-0.1, -0.05) is 19.1 Å². The Morgan fingerprint density at radius 1 is 1.05 bits per heavy atom. The third kappa shape index (κ3) is 2.83. The molecule has 0 radical (unpaired) electrons. The fraction of sp³-hybridized carbons (Fsp3) is 0.375. The van der Waals surface area contributed by atoms with Crippen LogP contribution in [0.3, 0.4) is 0 Å². The summed E-state index contributed by atoms with van der Waals surface area (Å²) in [7, 11) is 2.13. The molecule has 0 amide bonds. The van der Waals surface area contributed by atoms with E-state index in [1.165, 1.54) is 11.4 Å². The Morgan fingerprint density at radius 2 is 1.86 bits per heavy atom. The fourth-order valence-corrected chi connectivity index (χ4v) is 2.59. The molecule has 0 aliphatic carbocycles. The predicted molar refractivity (Wildman–Crippen MR) is 86.1 cm³/mol. The zero-order valence-electron chi connectivity index (χ0n) is 12.6. The summed E-state index contributed by atoms with van der Waals surface area (Å²) in [5.74, 6) is 0.913. The minimum atomic E-state index is 0.767. The smallest absolute Gasteiger partial charge is 0.155 e. The van der Waals surface area contributed by atoms with E-state index >= 15 is 0 Å². The number of para-hydroxylation sites is 2. The highest BCUT2D eigenvalue weighted by Gasteiger charge is 2.21. The van der Waals surface area contributed by atoms with Crippen molar-refractivity contribution in [1.82, 2.24) is 15.5 Å². The first kappa shape index (κ1) is 13.8. The number of hydrogen-bond acceptors (Lipinski definition) is 5. The highest BCUT2D eigenvalue weighted by Crippen LogP contribution is 2.35. The van der Waals surface area contributed by atoms with E-state index in [1.54, 1.807) is 0 Å². The first-order valence-corrected chi connectivity index (χ1v) is 7.40. The molecule has 0 unspecified atom stereocenters. The molecule has 2 aromatic rings. The summed E-state index contributed by atoms with van der Waals surface area (Å²) in [4.78, 5) is 4.51. The van der Waals surface area contributed by atoms with Gasteiger partial charge in [0.05, 0.1) is 17.1 Å². The molecule has 0 saturated heterocycles. The van der Waals surface area contributed by atoms with Gasteiger partial charge in [0.25, 0.3) is 0 Å². The zero-order chi connectivity index (χ0) is 14.7. The molecule has 110 valence electrons. The largest absolute Gasteiger partial charge is 0.371 e. The minimum Gasteiger partial charge on any atom is -0.371 e. The van der Waals surface area contributed by atoms with E-state index < -0.39 is 0 Å². The van der Waals surface area contributed by atoms with Crippen molar-refractivity contribution in [3.63, 3.8) is 0 Å². The van der Waals surface area contributed by atoms with Gasteiger partial charge in [-0.15, -0.1) is 5.10 Å². The Morgan fingerprint density at radius 3 is 2.57 bits per heavy atom. The average Bonchev–Trinajstić information content (AvgIpc) is 2.54. The van der Waals surface area contributed by atoms with Gasteiger partial charge < -0.3 is 15.1 Å². The molecule has 1 aromatic heterocycles. The van der Waals surface area contributed by atoms with Crippen molar-refractivity contribution in [2.24, 2.45) is 0 Å². The lowest BCUT2D eigenvalue weighted by Gasteiger charge is -2.36. The van der Waals surface area contributed by atoms with Crippen LogP contribution < -0.4 is 15.1 Å². The summed E-state index contributed by atoms with van der Waals surface area (Å²) in [6.07, 6.45) is 0. The second kappa shape index (κ2) is 6.10. The van der Waals surface area contributed by atoms with Crippen LogP contribution in [0.25, 0.3) is 0 Å². The zero-order valence-corrected chi connectivity index (χ0v) is 12.6. The Kier molecular flexibility index (Phi) is 4.01. The standard InChI is InChI=1S/C16H21N5/c1-3-17-12-13-8-9-16(19-18-13)21-11-10-20(2)14-6-4-5-7-15(14)21/h4-9,17H,3,10-12H2,1-2H3. The van der Waals surface area contributed by atoms with Crippen LogP contribution in [0.15, 0.2) is 36.4 Å². The van der Waals surface area contributed by atoms with Crippen molar-refractivity contribution >= 4 is 17.2 Å². The molecule has 1 aliphatic heterocycles. The monoisotopic (exact) mass is 283 g/mol. The molecule has 0 saturated carbocycles. The van der Waals surface area contributed by atoms with Crippen LogP contribution in [0.1, 0.15) is 12.6 Å². The van der Waals surface area contributed by atoms with E-state index in [0.717, 1.165) is 37.7 Å². The lowest BCUT2D eigenvalue weighted by atomic mass is 10.1. The van der Waals surface area contributed by atoms with Crippen molar-refractivity contribution in [3.05, 3.63) is 42.1 Å². The molecule has 0 spiro atoms. The van der Waals surface area contributed by atoms with E-state index in [4.69, 9.17) is 0 Å². The van der Waals surface area contributed by atoms with Crippen LogP contribution in [0.5, 0.6) is 0 Å². The van der Waals surface area contributed by atoms with Gasteiger partial charge in [-0.25, -0.2) is 0 Å². The van der Waals surface area contributed by atoms with Gasteiger partial charge >= 0.3 is 0 Å². The number of hydrogen-bond donors (Lipinski definition) is 1. The number of anilines is 3. The van der Waals surface area contributed by atoms with Crippen molar-refractivity contribution in [3.8, 4) is 0 Å². The van der Waals surface area contributed by atoms with Gasteiger partial charge in [0.15, 0.2) is 5.82 Å². The van der Waals surface area contributed by atoms with E-state index in [0.29, 0.717) is 0 Å². The van der Waals surface area contributed by atoms with Crippen molar-refractivity contribution < 1.29 is 0 Å². The summed E-state index contributed by atoms with van der Waals surface area (Å²) in [5.41, 5.74) is 3.41. The van der Waals surface area contributed by atoms with E-state index in [9.17, 15) is 0 Å². The minimum absolute atomic E-state index is 0.767. The van der Waals surface area contributed by atoms with Crippen LogP contribution in [-0.4, -0.2) is 36.9 Å². The molecule has 3 rings (SSSR count). The number of aromatic nitrogens is 2. The molecule has 1 aromatic carbocycles. The molecular weight excluding hydrogens is 262 g/mol. The van der Waals surface area contributed by atoms with Crippen LogP contribution >= 0.6 is 0 Å². The highest BCUT2D eigenvalue weighted by atomic mass is 15.3. The van der Waals surface area contributed by atoms with Gasteiger partial charge in [-0.05, 0) is 30.8 Å². The number of fused-ring (bicyclic) bond motifs is 1. The molecule has 0 bridgehead atoms. The number of benzene rings is 1. The second-order valence-corrected chi connectivity index (χ2v) is 5.23. The quantitative estimate of drug-likeness (QED) is 0.931. The maximum absolute atomic E-state index is 4.40. The van der Waals surface area contributed by atoms with Crippen LogP contribution in [0, 0.1) is 0 Å². The topological polar surface area (TPSA) is 44.3 Å². The van der Waals surface area contributed by atoms with Crippen LogP contribution in [0.2, 0.25) is 0 Å². The van der Waals surface area contributed by atoms with E-state index in [-0.39, 0.29) is 0 Å². The SMILES string of the molecule is CCNCc1ccc(N2CCN(C)c3ccccc32)nn1. The summed E-state index contributed by atoms with van der Waals surface area (Å²) < 4.78 is 0. The summed E-state index contributed by atoms with van der Waals surface area (Å²) >= 11 is 0. The average molecular weight is 283 g/mol. The van der Waals surface area contributed by atoms with Crippen LogP contribution in [-0.2, 0) is 6.54 Å². The maximum Gasteiger partial charge on any atom is 0.155 e. The molecule has 21 heavy (non-hydrogen) atoms. The molecule has 5 heteroatoms. The van der Waals surface area contributed by atoms with Gasteiger partial charge in [-0.3, -0.25) is 0 Å². The Bertz CT molecular complexity index is 596. The van der Waals surface area contributed by atoms with Crippen molar-refractivity contribution in [2.45, 2.75) is 13.5 Å². The lowest BCUT2D eigenvalue weighted by molar-refractivity contribution is 0.696. The highest BCUT2D eigenvalue weighted by molar-refractivity contribution is 5.77. The van der Waals surface area contributed by atoms with Crippen molar-refractivity contribution in [1.29, 1.82) is 0 Å². The second-order valence-electron chi connectivity index (χ2n) is 5.23. The number of likely N-dealkylation sites (N-methyl/N-ethyl adjacent to an activating group) is 1. The van der Waals surface area contributed by atoms with E-state index in [2.05, 4.69) is 69.6 Å². The Balaban J connectivity index is 1.86. The maximum atomic E-state index is 4.40. The third-order valence-corrected chi connectivity index (χ3v) is 3.78.